The lowest BCUT2D eigenvalue weighted by molar-refractivity contribution is -0.143. The molecule has 1 heterocycles. The van der Waals surface area contributed by atoms with Crippen LogP contribution in [0.25, 0.3) is 0 Å². The fraction of sp³-hybridized carbons (Fsp3) is 0.222. The second-order valence-electron chi connectivity index (χ2n) is 6.02. The number of carboxylic acid groups (broad SMARTS) is 1. The third-order valence-electron chi connectivity index (χ3n) is 4.58. The van der Waals surface area contributed by atoms with E-state index in [-0.39, 0.29) is 5.91 Å². The van der Waals surface area contributed by atoms with Crippen molar-refractivity contribution in [1.82, 2.24) is 0 Å². The third kappa shape index (κ3) is 2.61. The topological polar surface area (TPSA) is 78.4 Å². The summed E-state index contributed by atoms with van der Waals surface area (Å²) in [7, 11) is 0. The first-order valence-corrected chi connectivity index (χ1v) is 7.99. The van der Waals surface area contributed by atoms with Gasteiger partial charge in [-0.25, -0.2) is 0 Å². The first-order chi connectivity index (χ1) is 11.3. The average molecular weight is 345 g/mol. The van der Waals surface area contributed by atoms with Gasteiger partial charge in [0.05, 0.1) is 28.0 Å². The maximum absolute atomic E-state index is 12.3. The molecule has 1 atom stereocenters. The molecule has 6 heteroatoms. The van der Waals surface area contributed by atoms with Crippen molar-refractivity contribution < 1.29 is 14.7 Å². The number of fused-ring (bicyclic) bond motifs is 2. The molecular formula is C18H17ClN2O3. The number of carbonyl (C=O) groups is 2. The lowest BCUT2D eigenvalue weighted by Gasteiger charge is -2.25. The maximum atomic E-state index is 12.3. The van der Waals surface area contributed by atoms with Crippen molar-refractivity contribution in [1.29, 1.82) is 0 Å². The molecular weight excluding hydrogens is 328 g/mol. The summed E-state index contributed by atoms with van der Waals surface area (Å²) in [6.45, 7) is 3.53. The number of aliphatic carboxylic acids is 1. The number of hydrogen-bond donors (Lipinski definition) is 3. The van der Waals surface area contributed by atoms with E-state index in [1.165, 1.54) is 0 Å². The van der Waals surface area contributed by atoms with Gasteiger partial charge in [-0.3, -0.25) is 9.59 Å². The van der Waals surface area contributed by atoms with Gasteiger partial charge in [-0.2, -0.15) is 0 Å². The standard InChI is InChI=1S/C18H17ClN2O3/c1-3-18(2,17(23)24)10-4-7-13-15(8-10)20-14-9-11(19)5-6-12(14)16(22)21-13/h4-9,20H,3H2,1-2H3,(H,21,22)(H,23,24). The quantitative estimate of drug-likeness (QED) is 0.771. The summed E-state index contributed by atoms with van der Waals surface area (Å²) in [4.78, 5) is 24.0. The fourth-order valence-electron chi connectivity index (χ4n) is 2.73. The minimum Gasteiger partial charge on any atom is -0.481 e. The van der Waals surface area contributed by atoms with E-state index < -0.39 is 11.4 Å². The Kier molecular flexibility index (Phi) is 3.97. The molecule has 1 aliphatic heterocycles. The molecule has 1 aliphatic rings. The Morgan fingerprint density at radius 1 is 1.12 bits per heavy atom. The molecule has 24 heavy (non-hydrogen) atoms. The predicted molar refractivity (Wildman–Crippen MR) is 94.4 cm³/mol. The summed E-state index contributed by atoms with van der Waals surface area (Å²) in [6.07, 6.45) is 0.454. The van der Waals surface area contributed by atoms with Crippen LogP contribution in [-0.4, -0.2) is 17.0 Å². The summed E-state index contributed by atoms with van der Waals surface area (Å²) < 4.78 is 0. The predicted octanol–water partition coefficient (Wildman–Crippen LogP) is 4.40. The van der Waals surface area contributed by atoms with Gasteiger partial charge in [-0.05, 0) is 49.2 Å². The second kappa shape index (κ2) is 5.83. The molecule has 0 fully saturated rings. The Hall–Kier alpha value is -2.53. The summed E-state index contributed by atoms with van der Waals surface area (Å²) in [5.41, 5.74) is 1.98. The van der Waals surface area contributed by atoms with Crippen molar-refractivity contribution in [2.75, 3.05) is 10.6 Å². The Morgan fingerprint density at radius 3 is 2.54 bits per heavy atom. The normalized spacial score (nSPS) is 15.2. The fourth-order valence-corrected chi connectivity index (χ4v) is 2.90. The van der Waals surface area contributed by atoms with E-state index in [0.717, 1.165) is 0 Å². The van der Waals surface area contributed by atoms with Crippen LogP contribution in [0.5, 0.6) is 0 Å². The van der Waals surface area contributed by atoms with E-state index in [1.54, 1.807) is 43.3 Å². The SMILES string of the molecule is CCC(C)(C(=O)O)c1ccc2c(c1)Nc1cc(Cl)ccc1C(=O)N2. The van der Waals surface area contributed by atoms with Gasteiger partial charge >= 0.3 is 5.97 Å². The van der Waals surface area contributed by atoms with E-state index in [2.05, 4.69) is 10.6 Å². The van der Waals surface area contributed by atoms with E-state index in [9.17, 15) is 14.7 Å². The van der Waals surface area contributed by atoms with Crippen molar-refractivity contribution in [3.63, 3.8) is 0 Å². The highest BCUT2D eigenvalue weighted by molar-refractivity contribution is 6.31. The molecule has 3 rings (SSSR count). The van der Waals surface area contributed by atoms with E-state index >= 15 is 0 Å². The zero-order valence-corrected chi connectivity index (χ0v) is 14.1. The first kappa shape index (κ1) is 16.3. The van der Waals surface area contributed by atoms with Gasteiger partial charge in [0.1, 0.15) is 0 Å². The maximum Gasteiger partial charge on any atom is 0.313 e. The minimum absolute atomic E-state index is 0.239. The molecule has 0 aliphatic carbocycles. The van der Waals surface area contributed by atoms with E-state index in [4.69, 9.17) is 11.6 Å². The highest BCUT2D eigenvalue weighted by Crippen LogP contribution is 2.37. The number of benzene rings is 2. The van der Waals surface area contributed by atoms with E-state index in [1.807, 2.05) is 6.92 Å². The number of nitrogens with one attached hydrogen (secondary N) is 2. The minimum atomic E-state index is -0.996. The molecule has 0 saturated carbocycles. The largest absolute Gasteiger partial charge is 0.481 e. The van der Waals surface area contributed by atoms with Gasteiger partial charge in [0.15, 0.2) is 0 Å². The van der Waals surface area contributed by atoms with Gasteiger partial charge < -0.3 is 15.7 Å². The smallest absolute Gasteiger partial charge is 0.313 e. The number of hydrogen-bond acceptors (Lipinski definition) is 3. The molecule has 2 aromatic rings. The van der Waals surface area contributed by atoms with Crippen molar-refractivity contribution >= 4 is 40.5 Å². The van der Waals surface area contributed by atoms with Crippen molar-refractivity contribution in [3.05, 3.63) is 52.5 Å². The van der Waals surface area contributed by atoms with Gasteiger partial charge in [0, 0.05) is 5.02 Å². The highest BCUT2D eigenvalue weighted by atomic mass is 35.5. The summed E-state index contributed by atoms with van der Waals surface area (Å²) in [5, 5.41) is 16.1. The molecule has 0 saturated heterocycles. The van der Waals surface area contributed by atoms with E-state index in [0.29, 0.717) is 39.6 Å². The van der Waals surface area contributed by atoms with Crippen LogP contribution in [0, 0.1) is 0 Å². The summed E-state index contributed by atoms with van der Waals surface area (Å²) in [6, 6.07) is 10.2. The van der Waals surface area contributed by atoms with Crippen LogP contribution in [-0.2, 0) is 10.2 Å². The average Bonchev–Trinajstić information content (AvgIpc) is 2.68. The number of rotatable bonds is 3. The first-order valence-electron chi connectivity index (χ1n) is 7.61. The van der Waals surface area contributed by atoms with Crippen LogP contribution in [0.2, 0.25) is 5.02 Å². The van der Waals surface area contributed by atoms with Crippen molar-refractivity contribution in [2.45, 2.75) is 25.7 Å². The lowest BCUT2D eigenvalue weighted by Crippen LogP contribution is -2.31. The van der Waals surface area contributed by atoms with Gasteiger partial charge in [0.25, 0.3) is 5.91 Å². The Bertz CT molecular complexity index is 850. The number of amides is 1. The van der Waals surface area contributed by atoms with Crippen LogP contribution >= 0.6 is 11.6 Å². The molecule has 0 bridgehead atoms. The Labute approximate surface area is 144 Å². The summed E-state index contributed by atoms with van der Waals surface area (Å²) in [5.74, 6) is -1.12. The molecule has 124 valence electrons. The van der Waals surface area contributed by atoms with Gasteiger partial charge in [-0.15, -0.1) is 0 Å². The van der Waals surface area contributed by atoms with Crippen LogP contribution in [0.1, 0.15) is 36.2 Å². The zero-order chi connectivity index (χ0) is 17.5. The van der Waals surface area contributed by atoms with Crippen molar-refractivity contribution in [2.24, 2.45) is 0 Å². The van der Waals surface area contributed by atoms with Crippen LogP contribution < -0.4 is 10.6 Å². The molecule has 1 unspecified atom stereocenters. The highest BCUT2D eigenvalue weighted by Gasteiger charge is 2.34. The molecule has 1 amide bonds. The number of carbonyl (C=O) groups excluding carboxylic acids is 1. The molecule has 5 nitrogen and oxygen atoms in total. The lowest BCUT2D eigenvalue weighted by atomic mass is 9.80. The number of halogens is 1. The Balaban J connectivity index is 2.12. The zero-order valence-electron chi connectivity index (χ0n) is 13.3. The molecule has 2 aromatic carbocycles. The van der Waals surface area contributed by atoms with Crippen LogP contribution in [0.15, 0.2) is 36.4 Å². The van der Waals surface area contributed by atoms with Crippen LogP contribution in [0.3, 0.4) is 0 Å². The van der Waals surface area contributed by atoms with Crippen molar-refractivity contribution in [3.8, 4) is 0 Å². The second-order valence-corrected chi connectivity index (χ2v) is 6.46. The molecule has 0 aromatic heterocycles. The number of carboxylic acids is 1. The third-order valence-corrected chi connectivity index (χ3v) is 4.81. The van der Waals surface area contributed by atoms with Gasteiger partial charge in [-0.1, -0.05) is 24.6 Å². The summed E-state index contributed by atoms with van der Waals surface area (Å²) >= 11 is 6.02. The molecule has 0 radical (unpaired) electrons. The van der Waals surface area contributed by atoms with Gasteiger partial charge in [0.2, 0.25) is 0 Å². The Morgan fingerprint density at radius 2 is 1.88 bits per heavy atom. The van der Waals surface area contributed by atoms with Crippen LogP contribution in [0.4, 0.5) is 17.1 Å². The molecule has 3 N–H and O–H groups in total. The number of anilines is 3. The monoisotopic (exact) mass is 344 g/mol. The molecule has 0 spiro atoms.